The minimum absolute atomic E-state index is 0.0917. The topological polar surface area (TPSA) is 35.5 Å². The fraction of sp³-hybridized carbons (Fsp3) is 0.567. The van der Waals surface area contributed by atoms with Crippen LogP contribution >= 0.6 is 11.8 Å². The second-order valence-electron chi connectivity index (χ2n) is 11.2. The Bertz CT molecular complexity index is 1060. The highest BCUT2D eigenvalue weighted by Crippen LogP contribution is 2.61. The number of ether oxygens (including phenoxy) is 2. The smallest absolute Gasteiger partial charge is 0.199 e. The molecule has 5 unspecified atom stereocenters. The molecule has 3 fully saturated rings. The fourth-order valence-electron chi connectivity index (χ4n) is 7.24. The van der Waals surface area contributed by atoms with Gasteiger partial charge in [0.2, 0.25) is 0 Å². The van der Waals surface area contributed by atoms with Crippen molar-refractivity contribution in [1.82, 2.24) is 0 Å². The number of Topliss-reactive ketones (excluding diaryl/α,β-unsaturated/α-hetero) is 1. The van der Waals surface area contributed by atoms with Gasteiger partial charge in [-0.2, -0.15) is 0 Å². The second-order valence-corrected chi connectivity index (χ2v) is 12.4. The fourth-order valence-corrected chi connectivity index (χ4v) is 8.54. The van der Waals surface area contributed by atoms with Gasteiger partial charge >= 0.3 is 0 Å². The third-order valence-electron chi connectivity index (χ3n) is 9.12. The van der Waals surface area contributed by atoms with Crippen LogP contribution in [-0.2, 0) is 16.0 Å². The van der Waals surface area contributed by atoms with E-state index in [0.717, 1.165) is 50.9 Å². The van der Waals surface area contributed by atoms with Gasteiger partial charge in [-0.15, -0.1) is 11.8 Å². The van der Waals surface area contributed by atoms with E-state index in [4.69, 9.17) is 9.47 Å². The Morgan fingerprint density at radius 1 is 1.06 bits per heavy atom. The lowest BCUT2D eigenvalue weighted by atomic mass is 9.55. The van der Waals surface area contributed by atoms with Gasteiger partial charge in [-0.05, 0) is 105 Å². The predicted molar refractivity (Wildman–Crippen MR) is 136 cm³/mol. The van der Waals surface area contributed by atoms with Gasteiger partial charge in [0.05, 0.1) is 11.9 Å². The van der Waals surface area contributed by atoms with E-state index in [1.165, 1.54) is 34.4 Å². The maximum absolute atomic E-state index is 13.6. The Balaban J connectivity index is 1.19. The first kappa shape index (κ1) is 22.7. The Morgan fingerprint density at radius 2 is 1.91 bits per heavy atom. The molecule has 0 aromatic heterocycles. The summed E-state index contributed by atoms with van der Waals surface area (Å²) in [5.41, 5.74) is 4.08. The van der Waals surface area contributed by atoms with E-state index < -0.39 is 0 Å². The first-order valence-corrected chi connectivity index (χ1v) is 14.1. The van der Waals surface area contributed by atoms with Crippen molar-refractivity contribution in [2.24, 2.45) is 17.3 Å². The maximum Gasteiger partial charge on any atom is 0.199 e. The number of thioether (sulfide) groups is 1. The van der Waals surface area contributed by atoms with E-state index in [-0.39, 0.29) is 17.0 Å². The highest BCUT2D eigenvalue weighted by molar-refractivity contribution is 8.00. The van der Waals surface area contributed by atoms with Crippen molar-refractivity contribution < 1.29 is 14.3 Å². The zero-order valence-corrected chi connectivity index (χ0v) is 21.2. The molecule has 2 aromatic carbocycles. The van der Waals surface area contributed by atoms with Gasteiger partial charge in [0, 0.05) is 16.7 Å². The number of hydrogen-bond donors (Lipinski definition) is 0. The first-order chi connectivity index (χ1) is 16.5. The number of hydrogen-bond acceptors (Lipinski definition) is 4. The van der Waals surface area contributed by atoms with Crippen LogP contribution in [0.5, 0.6) is 5.75 Å². The average molecular weight is 477 g/mol. The summed E-state index contributed by atoms with van der Waals surface area (Å²) in [7, 11) is 0. The Morgan fingerprint density at radius 3 is 2.71 bits per heavy atom. The molecule has 1 saturated heterocycles. The maximum atomic E-state index is 13.6. The van der Waals surface area contributed by atoms with Crippen LogP contribution in [0.15, 0.2) is 47.4 Å². The van der Waals surface area contributed by atoms with Gasteiger partial charge in [-0.1, -0.05) is 30.7 Å². The normalized spacial score (nSPS) is 34.8. The minimum Gasteiger partial charge on any atom is -0.465 e. The Labute approximate surface area is 208 Å². The number of benzene rings is 2. The minimum atomic E-state index is -0.150. The summed E-state index contributed by atoms with van der Waals surface area (Å²) in [5.74, 6) is 3.16. The Hall–Kier alpha value is -1.78. The summed E-state index contributed by atoms with van der Waals surface area (Å²) < 4.78 is 11.9. The van der Waals surface area contributed by atoms with Crippen molar-refractivity contribution in [2.45, 2.75) is 87.6 Å². The molecular formula is C30H36O3S. The van der Waals surface area contributed by atoms with Crippen LogP contribution in [0.1, 0.15) is 74.5 Å². The summed E-state index contributed by atoms with van der Waals surface area (Å²) >= 11 is 1.80. The highest BCUT2D eigenvalue weighted by Gasteiger charge is 2.58. The number of rotatable bonds is 4. The summed E-state index contributed by atoms with van der Waals surface area (Å²) in [6, 6.07) is 15.4. The molecule has 3 aliphatic carbocycles. The van der Waals surface area contributed by atoms with Crippen LogP contribution in [0.3, 0.4) is 0 Å². The van der Waals surface area contributed by atoms with Crippen LogP contribution < -0.4 is 4.74 Å². The summed E-state index contributed by atoms with van der Waals surface area (Å²) in [6.45, 7) is 5.20. The number of ketones is 1. The molecule has 1 aliphatic heterocycles. The van der Waals surface area contributed by atoms with Gasteiger partial charge in [0.15, 0.2) is 12.1 Å². The molecule has 0 bridgehead atoms. The molecule has 1 heterocycles. The zero-order valence-electron chi connectivity index (χ0n) is 20.4. The molecule has 180 valence electrons. The van der Waals surface area contributed by atoms with Crippen molar-refractivity contribution >= 4 is 17.5 Å². The molecule has 6 rings (SSSR count). The number of carbonyl (C=O) groups is 1. The molecule has 2 saturated carbocycles. The van der Waals surface area contributed by atoms with Crippen LogP contribution in [0.4, 0.5) is 0 Å². The monoisotopic (exact) mass is 476 g/mol. The van der Waals surface area contributed by atoms with Crippen molar-refractivity contribution in [3.63, 3.8) is 0 Å². The Kier molecular flexibility index (Phi) is 6.01. The lowest BCUT2D eigenvalue weighted by Gasteiger charge is -2.48. The van der Waals surface area contributed by atoms with Crippen molar-refractivity contribution in [2.75, 3.05) is 6.61 Å². The van der Waals surface area contributed by atoms with Gasteiger partial charge in [0.1, 0.15) is 5.75 Å². The molecule has 4 aliphatic rings. The lowest BCUT2D eigenvalue weighted by molar-refractivity contribution is -0.129. The number of carbonyl (C=O) groups excluding carboxylic acids is 1. The molecule has 3 nitrogen and oxygen atoms in total. The third kappa shape index (κ3) is 4.01. The molecule has 0 radical (unpaired) electrons. The predicted octanol–water partition coefficient (Wildman–Crippen LogP) is 7.10. The van der Waals surface area contributed by atoms with Crippen molar-refractivity contribution in [3.8, 4) is 5.75 Å². The van der Waals surface area contributed by atoms with E-state index in [0.29, 0.717) is 23.5 Å². The summed E-state index contributed by atoms with van der Waals surface area (Å²) in [6.07, 6.45) is 8.68. The molecule has 4 heteroatoms. The van der Waals surface area contributed by atoms with Crippen molar-refractivity contribution in [3.05, 3.63) is 59.2 Å². The zero-order chi connectivity index (χ0) is 23.3. The molecular weight excluding hydrogens is 440 g/mol. The van der Waals surface area contributed by atoms with E-state index in [1.807, 2.05) is 0 Å². The standard InChI is InChI=1S/C30H36O3S/c1-19-6-10-22(11-7-19)34-27-18-26-25-12-8-20-17-21(33-28-5-3-4-16-32-28)9-13-23(20)24(25)14-15-30(26,2)29(27)31/h6-7,9-11,13,17,24-28H,3-5,8,12,14-16,18H2,1-2H3/t24?,25?,26?,27?,28?,30-/m0/s1. The van der Waals surface area contributed by atoms with Gasteiger partial charge in [0.25, 0.3) is 0 Å². The van der Waals surface area contributed by atoms with Gasteiger partial charge in [-0.25, -0.2) is 0 Å². The lowest BCUT2D eigenvalue weighted by Crippen LogP contribution is -2.42. The van der Waals surface area contributed by atoms with E-state index in [9.17, 15) is 4.79 Å². The molecule has 0 N–H and O–H groups in total. The number of aryl methyl sites for hydroxylation is 2. The molecule has 6 atom stereocenters. The van der Waals surface area contributed by atoms with E-state index >= 15 is 0 Å². The van der Waals surface area contributed by atoms with Crippen LogP contribution in [-0.4, -0.2) is 23.9 Å². The summed E-state index contributed by atoms with van der Waals surface area (Å²) in [5, 5.41) is 0.101. The largest absolute Gasteiger partial charge is 0.465 e. The quantitative estimate of drug-likeness (QED) is 0.472. The third-order valence-corrected chi connectivity index (χ3v) is 10.4. The van der Waals surface area contributed by atoms with E-state index in [1.54, 1.807) is 11.8 Å². The molecule has 0 spiro atoms. The second kappa shape index (κ2) is 9.02. The van der Waals surface area contributed by atoms with Gasteiger partial charge in [-0.3, -0.25) is 4.79 Å². The average Bonchev–Trinajstić information content (AvgIpc) is 3.11. The van der Waals surface area contributed by atoms with E-state index in [2.05, 4.69) is 56.3 Å². The first-order valence-electron chi connectivity index (χ1n) is 13.2. The van der Waals surface area contributed by atoms with Crippen LogP contribution in [0.25, 0.3) is 0 Å². The van der Waals surface area contributed by atoms with Crippen molar-refractivity contribution in [1.29, 1.82) is 0 Å². The highest BCUT2D eigenvalue weighted by atomic mass is 32.2. The summed E-state index contributed by atoms with van der Waals surface area (Å²) in [4.78, 5) is 14.9. The van der Waals surface area contributed by atoms with Crippen LogP contribution in [0.2, 0.25) is 0 Å². The van der Waals surface area contributed by atoms with Crippen LogP contribution in [0, 0.1) is 24.2 Å². The number of fused-ring (bicyclic) bond motifs is 5. The molecule has 34 heavy (non-hydrogen) atoms. The van der Waals surface area contributed by atoms with Gasteiger partial charge < -0.3 is 9.47 Å². The molecule has 2 aromatic rings. The SMILES string of the molecule is Cc1ccc(SC2CC3C4CCc5cc(OC6CCCCO6)ccc5C4CC[C@]3(C)C2=O)cc1. The molecule has 0 amide bonds.